The van der Waals surface area contributed by atoms with Crippen LogP contribution in [0.1, 0.15) is 5.56 Å². The maximum absolute atomic E-state index is 10.8. The average molecular weight is 356 g/mol. The van der Waals surface area contributed by atoms with E-state index in [2.05, 4.69) is 5.10 Å². The number of nitriles is 1. The molecule has 0 radical (unpaired) electrons. The highest BCUT2D eigenvalue weighted by Gasteiger charge is 2.19. The van der Waals surface area contributed by atoms with Gasteiger partial charge in [0.2, 0.25) is 0 Å². The van der Waals surface area contributed by atoms with Gasteiger partial charge in [0, 0.05) is 6.20 Å². The van der Waals surface area contributed by atoms with E-state index in [-0.39, 0.29) is 17.0 Å². The fourth-order valence-electron chi connectivity index (χ4n) is 2.76. The Labute approximate surface area is 153 Å². The van der Waals surface area contributed by atoms with E-state index in [4.69, 9.17) is 4.42 Å². The number of aromatic nitrogens is 2. The van der Waals surface area contributed by atoms with Crippen molar-refractivity contribution < 1.29 is 9.34 Å². The molecule has 4 rings (SSSR count). The van der Waals surface area contributed by atoms with Crippen LogP contribution in [0.5, 0.6) is 0 Å². The highest BCUT2D eigenvalue weighted by molar-refractivity contribution is 5.65. The van der Waals surface area contributed by atoms with Gasteiger partial charge in [-0.3, -0.25) is 10.1 Å². The van der Waals surface area contributed by atoms with Crippen LogP contribution in [0, 0.1) is 21.4 Å². The third kappa shape index (κ3) is 3.07. The summed E-state index contributed by atoms with van der Waals surface area (Å²) in [5.41, 5.74) is 3.46. The summed E-state index contributed by atoms with van der Waals surface area (Å²) in [6.07, 6.45) is 1.57. The zero-order valence-corrected chi connectivity index (χ0v) is 13.9. The van der Waals surface area contributed by atoms with Gasteiger partial charge in [-0.05, 0) is 29.3 Å². The van der Waals surface area contributed by atoms with E-state index < -0.39 is 10.8 Å². The summed E-state index contributed by atoms with van der Waals surface area (Å²) < 4.78 is 6.73. The Bertz CT molecular complexity index is 1150. The molecule has 0 spiro atoms. The van der Waals surface area contributed by atoms with Crippen molar-refractivity contribution in [1.29, 1.82) is 5.26 Å². The molecule has 0 aliphatic carbocycles. The number of rotatable bonds is 4. The third-order valence-electron chi connectivity index (χ3n) is 4.08. The van der Waals surface area contributed by atoms with Crippen molar-refractivity contribution >= 4 is 5.88 Å². The first-order valence-corrected chi connectivity index (χ1v) is 8.06. The molecular weight excluding hydrogens is 344 g/mol. The molecule has 0 amide bonds. The smallest absolute Gasteiger partial charge is 0.399 e. The number of nitrogens with zero attached hydrogens (tertiary/aromatic N) is 4. The molecule has 0 aliphatic rings. The molecule has 2 aromatic heterocycles. The molecule has 7 nitrogen and oxygen atoms in total. The van der Waals surface area contributed by atoms with E-state index >= 15 is 0 Å². The van der Waals surface area contributed by atoms with E-state index in [1.54, 1.807) is 10.9 Å². The summed E-state index contributed by atoms with van der Waals surface area (Å²) in [7, 11) is 0. The van der Waals surface area contributed by atoms with Gasteiger partial charge < -0.3 is 4.42 Å². The van der Waals surface area contributed by atoms with Gasteiger partial charge in [-0.2, -0.15) is 10.4 Å². The van der Waals surface area contributed by atoms with Gasteiger partial charge in [0.15, 0.2) is 5.76 Å². The van der Waals surface area contributed by atoms with Crippen LogP contribution in [-0.2, 0) is 0 Å². The Morgan fingerprint density at radius 3 is 2.33 bits per heavy atom. The van der Waals surface area contributed by atoms with Gasteiger partial charge in [-0.15, -0.1) is 0 Å². The normalized spacial score (nSPS) is 10.5. The van der Waals surface area contributed by atoms with E-state index in [0.717, 1.165) is 16.8 Å². The predicted octanol–water partition coefficient (Wildman–Crippen LogP) is 4.58. The lowest BCUT2D eigenvalue weighted by molar-refractivity contribution is -0.401. The molecule has 0 saturated heterocycles. The largest absolute Gasteiger partial charge is 0.433 e. The maximum atomic E-state index is 10.8. The Balaban J connectivity index is 1.69. The molecule has 2 heterocycles. The molecule has 0 fully saturated rings. The molecule has 130 valence electrons. The first-order valence-electron chi connectivity index (χ1n) is 8.06. The SMILES string of the molecule is N#Cc1cn(-c2ccc(-c3ccccc3)cc2)nc1-c1ccc([N+](=O)[O-])o1. The number of hydrogen-bond acceptors (Lipinski definition) is 5. The Morgan fingerprint density at radius 1 is 1.00 bits per heavy atom. The van der Waals surface area contributed by atoms with Crippen LogP contribution >= 0.6 is 0 Å². The molecule has 0 aliphatic heterocycles. The van der Waals surface area contributed by atoms with E-state index in [1.807, 2.05) is 60.7 Å². The number of benzene rings is 2. The van der Waals surface area contributed by atoms with Crippen molar-refractivity contribution in [3.63, 3.8) is 0 Å². The lowest BCUT2D eigenvalue weighted by Gasteiger charge is -2.04. The van der Waals surface area contributed by atoms with Crippen molar-refractivity contribution in [2.75, 3.05) is 0 Å². The molecule has 4 aromatic rings. The standard InChI is InChI=1S/C20H12N4O3/c21-12-16-13-23(22-20(16)18-10-11-19(27-18)24(25)26)17-8-6-15(7-9-17)14-4-2-1-3-5-14/h1-11,13H. The van der Waals surface area contributed by atoms with Crippen LogP contribution in [0.3, 0.4) is 0 Å². The monoisotopic (exact) mass is 356 g/mol. The Morgan fingerprint density at radius 2 is 1.70 bits per heavy atom. The third-order valence-corrected chi connectivity index (χ3v) is 4.08. The lowest BCUT2D eigenvalue weighted by Crippen LogP contribution is -1.94. The highest BCUT2D eigenvalue weighted by Crippen LogP contribution is 2.28. The second kappa shape index (κ2) is 6.61. The van der Waals surface area contributed by atoms with Crippen LogP contribution < -0.4 is 0 Å². The lowest BCUT2D eigenvalue weighted by atomic mass is 10.1. The van der Waals surface area contributed by atoms with Crippen LogP contribution in [0.2, 0.25) is 0 Å². The average Bonchev–Trinajstić information content (AvgIpc) is 3.36. The van der Waals surface area contributed by atoms with Gasteiger partial charge in [-0.1, -0.05) is 42.5 Å². The second-order valence-electron chi connectivity index (χ2n) is 5.76. The fraction of sp³-hybridized carbons (Fsp3) is 0. The van der Waals surface area contributed by atoms with Crippen LogP contribution in [0.25, 0.3) is 28.3 Å². The molecular formula is C20H12N4O3. The summed E-state index contributed by atoms with van der Waals surface area (Å²) in [4.78, 5) is 10.2. The molecule has 0 bridgehead atoms. The topological polar surface area (TPSA) is 97.9 Å². The molecule has 7 heteroatoms. The second-order valence-corrected chi connectivity index (χ2v) is 5.76. The Kier molecular flexibility index (Phi) is 3.99. The minimum atomic E-state index is -0.630. The quantitative estimate of drug-likeness (QED) is 0.394. The van der Waals surface area contributed by atoms with Crippen molar-refractivity contribution in [2.24, 2.45) is 0 Å². The summed E-state index contributed by atoms with van der Waals surface area (Å²) in [5.74, 6) is -0.214. The Hall–Kier alpha value is -4.18. The highest BCUT2D eigenvalue weighted by atomic mass is 16.6. The first kappa shape index (κ1) is 16.3. The first-order chi connectivity index (χ1) is 13.2. The summed E-state index contributed by atoms with van der Waals surface area (Å²) in [6, 6.07) is 22.4. The molecule has 0 unspecified atom stereocenters. The summed E-state index contributed by atoms with van der Waals surface area (Å²) >= 11 is 0. The number of nitro groups is 1. The predicted molar refractivity (Wildman–Crippen MR) is 98.1 cm³/mol. The molecule has 0 N–H and O–H groups in total. The van der Waals surface area contributed by atoms with Crippen LogP contribution in [0.15, 0.2) is 77.3 Å². The van der Waals surface area contributed by atoms with Crippen molar-refractivity contribution in [3.8, 4) is 34.3 Å². The minimum absolute atomic E-state index is 0.179. The number of hydrogen-bond donors (Lipinski definition) is 0. The van der Waals surface area contributed by atoms with Gasteiger partial charge in [0.1, 0.15) is 22.2 Å². The van der Waals surface area contributed by atoms with Gasteiger partial charge in [-0.25, -0.2) is 4.68 Å². The minimum Gasteiger partial charge on any atom is -0.399 e. The van der Waals surface area contributed by atoms with Gasteiger partial charge in [0.05, 0.1) is 11.8 Å². The zero-order chi connectivity index (χ0) is 18.8. The van der Waals surface area contributed by atoms with Gasteiger partial charge >= 0.3 is 5.88 Å². The van der Waals surface area contributed by atoms with Crippen molar-refractivity contribution in [1.82, 2.24) is 9.78 Å². The van der Waals surface area contributed by atoms with Crippen molar-refractivity contribution in [2.45, 2.75) is 0 Å². The van der Waals surface area contributed by atoms with Gasteiger partial charge in [0.25, 0.3) is 0 Å². The van der Waals surface area contributed by atoms with E-state index in [1.165, 1.54) is 12.1 Å². The zero-order valence-electron chi connectivity index (χ0n) is 13.9. The fourth-order valence-corrected chi connectivity index (χ4v) is 2.76. The van der Waals surface area contributed by atoms with Crippen molar-refractivity contribution in [3.05, 3.63) is 88.6 Å². The molecule has 27 heavy (non-hydrogen) atoms. The van der Waals surface area contributed by atoms with Crippen LogP contribution in [-0.4, -0.2) is 14.7 Å². The molecule has 2 aromatic carbocycles. The summed E-state index contributed by atoms with van der Waals surface area (Å²) in [5, 5.41) is 24.5. The van der Waals surface area contributed by atoms with E-state index in [0.29, 0.717) is 0 Å². The molecule has 0 atom stereocenters. The molecule has 0 saturated carbocycles. The summed E-state index contributed by atoms with van der Waals surface area (Å²) in [6.45, 7) is 0. The van der Waals surface area contributed by atoms with E-state index in [9.17, 15) is 15.4 Å². The maximum Gasteiger partial charge on any atom is 0.433 e. The van der Waals surface area contributed by atoms with Crippen LogP contribution in [0.4, 0.5) is 5.88 Å². The number of furan rings is 1.